The predicted molar refractivity (Wildman–Crippen MR) is 87.0 cm³/mol. The van der Waals surface area contributed by atoms with Crippen LogP contribution in [0.15, 0.2) is 0 Å². The lowest BCUT2D eigenvalue weighted by molar-refractivity contribution is -0.127. The third-order valence-electron chi connectivity index (χ3n) is 3.30. The molecule has 1 rings (SSSR count). The Kier molecular flexibility index (Phi) is 6.27. The van der Waals surface area contributed by atoms with Crippen LogP contribution in [-0.4, -0.2) is 40.8 Å². The van der Waals surface area contributed by atoms with Crippen LogP contribution in [0.5, 0.6) is 0 Å². The summed E-state index contributed by atoms with van der Waals surface area (Å²) in [5.41, 5.74) is 1.56. The predicted octanol–water partition coefficient (Wildman–Crippen LogP) is 1.61. The van der Waals surface area contributed by atoms with Gasteiger partial charge in [0.15, 0.2) is 11.9 Å². The Morgan fingerprint density at radius 2 is 1.67 bits per heavy atom. The van der Waals surface area contributed by atoms with E-state index < -0.39 is 24.0 Å². The molecule has 3 N–H and O–H groups in total. The van der Waals surface area contributed by atoms with Crippen molar-refractivity contribution in [2.75, 3.05) is 0 Å². The van der Waals surface area contributed by atoms with E-state index in [4.69, 9.17) is 4.74 Å². The zero-order chi connectivity index (χ0) is 18.6. The van der Waals surface area contributed by atoms with Gasteiger partial charge in [-0.15, -0.1) is 0 Å². The van der Waals surface area contributed by atoms with Crippen LogP contribution in [0.25, 0.3) is 0 Å². The summed E-state index contributed by atoms with van der Waals surface area (Å²) in [7, 11) is 0. The molecule has 0 saturated heterocycles. The van der Waals surface area contributed by atoms with Crippen LogP contribution >= 0.6 is 0 Å². The van der Waals surface area contributed by atoms with E-state index >= 15 is 0 Å². The highest BCUT2D eigenvalue weighted by Gasteiger charge is 2.25. The lowest BCUT2D eigenvalue weighted by Crippen LogP contribution is -2.46. The van der Waals surface area contributed by atoms with Crippen molar-refractivity contribution in [1.82, 2.24) is 15.6 Å². The molecule has 1 heterocycles. The first-order valence-electron chi connectivity index (χ1n) is 7.57. The molecule has 0 aliphatic heterocycles. The van der Waals surface area contributed by atoms with Gasteiger partial charge in [0, 0.05) is 17.3 Å². The summed E-state index contributed by atoms with van der Waals surface area (Å²) >= 11 is 0. The van der Waals surface area contributed by atoms with Gasteiger partial charge in [-0.2, -0.15) is 0 Å². The first-order chi connectivity index (χ1) is 11.0. The van der Waals surface area contributed by atoms with Gasteiger partial charge >= 0.3 is 12.0 Å². The lowest BCUT2D eigenvalue weighted by Gasteiger charge is -2.14. The SMILES string of the molecule is CC(=O)c1c(C)[nH]c(C(=O)O[C@H](C)C(=O)NC(=O)NC(C)C)c1C. The third kappa shape index (κ3) is 4.68. The van der Waals surface area contributed by atoms with Crippen LogP contribution < -0.4 is 10.6 Å². The Balaban J connectivity index is 2.77. The minimum absolute atomic E-state index is 0.115. The number of nitrogens with one attached hydrogen (secondary N) is 3. The van der Waals surface area contributed by atoms with Crippen molar-refractivity contribution in [3.05, 3.63) is 22.5 Å². The molecule has 0 bridgehead atoms. The van der Waals surface area contributed by atoms with Crippen molar-refractivity contribution < 1.29 is 23.9 Å². The smallest absolute Gasteiger partial charge is 0.355 e. The monoisotopic (exact) mass is 337 g/mol. The van der Waals surface area contributed by atoms with E-state index in [0.29, 0.717) is 16.8 Å². The second-order valence-electron chi connectivity index (χ2n) is 5.85. The number of aromatic nitrogens is 1. The minimum atomic E-state index is -1.17. The fourth-order valence-electron chi connectivity index (χ4n) is 2.27. The number of aromatic amines is 1. The molecule has 0 aliphatic rings. The number of ether oxygens (including phenoxy) is 1. The van der Waals surface area contributed by atoms with E-state index in [0.717, 1.165) is 0 Å². The van der Waals surface area contributed by atoms with E-state index in [1.54, 1.807) is 27.7 Å². The first kappa shape index (κ1) is 19.4. The summed E-state index contributed by atoms with van der Waals surface area (Å²) in [5.74, 6) is -1.68. The quantitative estimate of drug-likeness (QED) is 0.557. The van der Waals surface area contributed by atoms with Crippen LogP contribution in [0.4, 0.5) is 4.79 Å². The van der Waals surface area contributed by atoms with Crippen LogP contribution in [0.3, 0.4) is 0 Å². The summed E-state index contributed by atoms with van der Waals surface area (Å²) in [5, 5.41) is 4.58. The van der Waals surface area contributed by atoms with Crippen LogP contribution in [0, 0.1) is 13.8 Å². The Morgan fingerprint density at radius 3 is 2.12 bits per heavy atom. The summed E-state index contributed by atoms with van der Waals surface area (Å²) in [6, 6.07) is -0.797. The molecule has 1 atom stereocenters. The molecule has 0 radical (unpaired) electrons. The minimum Gasteiger partial charge on any atom is -0.448 e. The number of carbonyl (C=O) groups is 4. The molecule has 0 aromatic carbocycles. The number of esters is 1. The molecule has 0 saturated carbocycles. The summed E-state index contributed by atoms with van der Waals surface area (Å²) in [6.07, 6.45) is -1.17. The van der Waals surface area contributed by atoms with Crippen molar-refractivity contribution in [2.24, 2.45) is 0 Å². The van der Waals surface area contributed by atoms with Crippen molar-refractivity contribution >= 4 is 23.7 Å². The van der Waals surface area contributed by atoms with Gasteiger partial charge < -0.3 is 15.0 Å². The Morgan fingerprint density at radius 1 is 1.08 bits per heavy atom. The van der Waals surface area contributed by atoms with Gasteiger partial charge in [0.1, 0.15) is 5.69 Å². The number of hydrogen-bond donors (Lipinski definition) is 3. The molecule has 1 aromatic heterocycles. The molecule has 8 heteroatoms. The van der Waals surface area contributed by atoms with Gasteiger partial charge in [0.05, 0.1) is 0 Å². The van der Waals surface area contributed by atoms with Crippen molar-refractivity contribution in [1.29, 1.82) is 0 Å². The number of aryl methyl sites for hydroxylation is 1. The average Bonchev–Trinajstić information content (AvgIpc) is 2.72. The van der Waals surface area contributed by atoms with Crippen molar-refractivity contribution in [2.45, 2.75) is 53.7 Å². The highest BCUT2D eigenvalue weighted by Crippen LogP contribution is 2.19. The first-order valence-corrected chi connectivity index (χ1v) is 7.57. The van der Waals surface area contributed by atoms with Gasteiger partial charge in [-0.1, -0.05) is 0 Å². The summed E-state index contributed by atoms with van der Waals surface area (Å²) in [6.45, 7) is 9.55. The van der Waals surface area contributed by atoms with E-state index in [1.807, 2.05) is 0 Å². The van der Waals surface area contributed by atoms with Crippen LogP contribution in [-0.2, 0) is 9.53 Å². The maximum atomic E-state index is 12.2. The second kappa shape index (κ2) is 7.76. The van der Waals surface area contributed by atoms with Gasteiger partial charge in [-0.25, -0.2) is 9.59 Å². The van der Waals surface area contributed by atoms with Gasteiger partial charge in [0.2, 0.25) is 0 Å². The number of hydrogen-bond acceptors (Lipinski definition) is 5. The fraction of sp³-hybridized carbons (Fsp3) is 0.500. The number of ketones is 1. The molecular formula is C16H23N3O5. The Hall–Kier alpha value is -2.64. The molecule has 0 fully saturated rings. The van der Waals surface area contributed by atoms with Crippen molar-refractivity contribution in [3.8, 4) is 0 Å². The summed E-state index contributed by atoms with van der Waals surface area (Å²) < 4.78 is 5.06. The lowest BCUT2D eigenvalue weighted by atomic mass is 10.1. The zero-order valence-corrected chi connectivity index (χ0v) is 14.7. The molecule has 1 aromatic rings. The van der Waals surface area contributed by atoms with Gasteiger partial charge in [-0.05, 0) is 47.1 Å². The highest BCUT2D eigenvalue weighted by molar-refractivity contribution is 6.02. The van der Waals surface area contributed by atoms with Gasteiger partial charge in [0.25, 0.3) is 5.91 Å². The van der Waals surface area contributed by atoms with E-state index in [9.17, 15) is 19.2 Å². The third-order valence-corrected chi connectivity index (χ3v) is 3.30. The van der Waals surface area contributed by atoms with E-state index in [2.05, 4.69) is 15.6 Å². The Bertz CT molecular complexity index is 675. The highest BCUT2D eigenvalue weighted by atomic mass is 16.5. The normalized spacial score (nSPS) is 11.8. The number of Topliss-reactive ketones (excluding diaryl/α,β-unsaturated/α-hetero) is 1. The molecule has 3 amide bonds. The number of amides is 3. The number of rotatable bonds is 5. The van der Waals surface area contributed by atoms with E-state index in [1.165, 1.54) is 13.8 Å². The Labute approximate surface area is 140 Å². The van der Waals surface area contributed by atoms with Gasteiger partial charge in [-0.3, -0.25) is 14.9 Å². The average molecular weight is 337 g/mol. The molecule has 132 valence electrons. The fourth-order valence-corrected chi connectivity index (χ4v) is 2.27. The van der Waals surface area contributed by atoms with Crippen molar-refractivity contribution in [3.63, 3.8) is 0 Å². The summed E-state index contributed by atoms with van der Waals surface area (Å²) in [4.78, 5) is 49.9. The number of H-pyrrole nitrogens is 1. The largest absolute Gasteiger partial charge is 0.448 e. The standard InChI is InChI=1S/C16H23N3O5/c1-7(2)17-16(23)19-14(21)11(6)24-15(22)13-8(3)12(10(5)20)9(4)18-13/h7,11,18H,1-6H3,(H2,17,19,21,23)/t11-/m1/s1. The second-order valence-corrected chi connectivity index (χ2v) is 5.85. The van der Waals surface area contributed by atoms with Crippen LogP contribution in [0.1, 0.15) is 59.8 Å². The number of imide groups is 1. The molecule has 0 aliphatic carbocycles. The maximum Gasteiger partial charge on any atom is 0.355 e. The zero-order valence-electron chi connectivity index (χ0n) is 14.7. The number of urea groups is 1. The molecule has 24 heavy (non-hydrogen) atoms. The van der Waals surface area contributed by atoms with E-state index in [-0.39, 0.29) is 17.5 Å². The van der Waals surface area contributed by atoms with Crippen LogP contribution in [0.2, 0.25) is 0 Å². The molecule has 8 nitrogen and oxygen atoms in total. The molecular weight excluding hydrogens is 314 g/mol. The topological polar surface area (TPSA) is 117 Å². The number of carbonyl (C=O) groups excluding carboxylic acids is 4. The maximum absolute atomic E-state index is 12.2. The molecule has 0 spiro atoms. The molecule has 0 unspecified atom stereocenters.